The van der Waals surface area contributed by atoms with Gasteiger partial charge in [-0.1, -0.05) is 17.3 Å². The van der Waals surface area contributed by atoms with Gasteiger partial charge in [-0.3, -0.25) is 14.4 Å². The maximum atomic E-state index is 12.4. The van der Waals surface area contributed by atoms with Crippen LogP contribution in [-0.4, -0.2) is 40.9 Å². The largest absolute Gasteiger partial charge is 0.360 e. The van der Waals surface area contributed by atoms with Crippen molar-refractivity contribution < 1.29 is 18.9 Å². The lowest BCUT2D eigenvalue weighted by molar-refractivity contribution is -0.130. The molecule has 29 heavy (non-hydrogen) atoms. The Morgan fingerprint density at radius 1 is 1.14 bits per heavy atom. The van der Waals surface area contributed by atoms with Crippen LogP contribution in [0.15, 0.2) is 40.9 Å². The van der Waals surface area contributed by atoms with Crippen molar-refractivity contribution in [2.75, 3.05) is 23.7 Å². The van der Waals surface area contributed by atoms with Crippen molar-refractivity contribution >= 4 is 35.3 Å². The highest BCUT2D eigenvalue weighted by molar-refractivity contribution is 5.94. The van der Waals surface area contributed by atoms with E-state index in [1.165, 1.54) is 13.0 Å². The summed E-state index contributed by atoms with van der Waals surface area (Å²) in [7, 11) is 0. The van der Waals surface area contributed by atoms with Gasteiger partial charge < -0.3 is 20.1 Å². The molecule has 0 spiro atoms. The van der Waals surface area contributed by atoms with Gasteiger partial charge in [0.1, 0.15) is 5.76 Å². The molecule has 8 nitrogen and oxygen atoms in total. The van der Waals surface area contributed by atoms with Crippen molar-refractivity contribution in [1.29, 1.82) is 0 Å². The van der Waals surface area contributed by atoms with Gasteiger partial charge in [0.25, 0.3) is 0 Å². The number of carbonyl (C=O) groups is 3. The van der Waals surface area contributed by atoms with E-state index in [-0.39, 0.29) is 23.6 Å². The van der Waals surface area contributed by atoms with Gasteiger partial charge in [0, 0.05) is 43.8 Å². The Kier molecular flexibility index (Phi) is 6.43. The molecule has 1 aromatic heterocycles. The lowest BCUT2D eigenvalue weighted by atomic mass is 9.96. The highest BCUT2D eigenvalue weighted by Crippen LogP contribution is 2.20. The predicted octanol–water partition coefficient (Wildman–Crippen LogP) is 2.83. The summed E-state index contributed by atoms with van der Waals surface area (Å²) >= 11 is 0. The minimum absolute atomic E-state index is 0.0816. The van der Waals surface area contributed by atoms with Crippen molar-refractivity contribution in [3.8, 4) is 0 Å². The molecule has 1 fully saturated rings. The Hall–Kier alpha value is -3.42. The monoisotopic (exact) mass is 396 g/mol. The molecule has 2 N–H and O–H groups in total. The number of likely N-dealkylation sites (tertiary alicyclic amines) is 1. The number of carbonyl (C=O) groups excluding carboxylic acids is 3. The predicted molar refractivity (Wildman–Crippen MR) is 109 cm³/mol. The lowest BCUT2D eigenvalue weighted by Crippen LogP contribution is -2.40. The molecule has 3 amide bonds. The van der Waals surface area contributed by atoms with Crippen molar-refractivity contribution in [3.05, 3.63) is 47.7 Å². The zero-order valence-electron chi connectivity index (χ0n) is 16.5. The van der Waals surface area contributed by atoms with Gasteiger partial charge in [0.2, 0.25) is 17.7 Å². The fraction of sp³-hybridized carbons (Fsp3) is 0.333. The van der Waals surface area contributed by atoms with Crippen LogP contribution in [0.5, 0.6) is 0 Å². The zero-order valence-corrected chi connectivity index (χ0v) is 16.5. The molecular weight excluding hydrogens is 372 g/mol. The van der Waals surface area contributed by atoms with Crippen LogP contribution >= 0.6 is 0 Å². The molecule has 0 saturated carbocycles. The van der Waals surface area contributed by atoms with Crippen LogP contribution in [0.4, 0.5) is 11.5 Å². The van der Waals surface area contributed by atoms with Crippen molar-refractivity contribution in [2.45, 2.75) is 26.7 Å². The summed E-state index contributed by atoms with van der Waals surface area (Å²) in [6, 6.07) is 8.90. The fourth-order valence-corrected chi connectivity index (χ4v) is 3.17. The Bertz CT molecular complexity index is 909. The SMILES string of the molecule is CC(=O)Nc1ccc(/C=C/C(=O)N2CCC(C(=O)Nc3cc(C)on3)CC2)cc1. The molecule has 0 atom stereocenters. The van der Waals surface area contributed by atoms with Crippen molar-refractivity contribution in [3.63, 3.8) is 0 Å². The second kappa shape index (κ2) is 9.18. The summed E-state index contributed by atoms with van der Waals surface area (Å²) < 4.78 is 4.94. The Morgan fingerprint density at radius 3 is 2.41 bits per heavy atom. The smallest absolute Gasteiger partial charge is 0.246 e. The van der Waals surface area contributed by atoms with Crippen LogP contribution in [0.2, 0.25) is 0 Å². The number of aryl methyl sites for hydroxylation is 1. The number of piperidine rings is 1. The summed E-state index contributed by atoms with van der Waals surface area (Å²) in [5.41, 5.74) is 1.58. The van der Waals surface area contributed by atoms with Crippen LogP contribution in [0.25, 0.3) is 6.08 Å². The van der Waals surface area contributed by atoms with E-state index in [1.54, 1.807) is 36.1 Å². The van der Waals surface area contributed by atoms with Crippen LogP contribution in [0.3, 0.4) is 0 Å². The van der Waals surface area contributed by atoms with Gasteiger partial charge in [0.15, 0.2) is 5.82 Å². The zero-order chi connectivity index (χ0) is 20.8. The first-order valence-electron chi connectivity index (χ1n) is 9.49. The minimum atomic E-state index is -0.152. The van der Waals surface area contributed by atoms with Crippen LogP contribution in [0, 0.1) is 12.8 Å². The number of benzene rings is 1. The van der Waals surface area contributed by atoms with E-state index in [4.69, 9.17) is 4.52 Å². The van der Waals surface area contributed by atoms with Gasteiger partial charge in [-0.05, 0) is 43.5 Å². The molecule has 1 aliphatic heterocycles. The number of anilines is 2. The lowest BCUT2D eigenvalue weighted by Gasteiger charge is -2.30. The standard InChI is InChI=1S/C21H24N4O4/c1-14-13-19(24-29-14)23-21(28)17-9-11-25(12-10-17)20(27)8-5-16-3-6-18(7-4-16)22-15(2)26/h3-8,13,17H,9-12H2,1-2H3,(H,22,26)(H,23,24,28)/b8-5+. The molecule has 3 rings (SSSR count). The maximum absolute atomic E-state index is 12.4. The van der Waals surface area contributed by atoms with E-state index < -0.39 is 0 Å². The van der Waals surface area contributed by atoms with Gasteiger partial charge in [0.05, 0.1) is 0 Å². The summed E-state index contributed by atoms with van der Waals surface area (Å²) in [4.78, 5) is 37.5. The van der Waals surface area contributed by atoms with E-state index in [0.29, 0.717) is 43.2 Å². The molecule has 2 heterocycles. The summed E-state index contributed by atoms with van der Waals surface area (Å²) in [6.07, 6.45) is 4.48. The Balaban J connectivity index is 1.47. The summed E-state index contributed by atoms with van der Waals surface area (Å²) in [5, 5.41) is 9.22. The van der Waals surface area contributed by atoms with E-state index >= 15 is 0 Å². The average molecular weight is 396 g/mol. The van der Waals surface area contributed by atoms with E-state index in [9.17, 15) is 14.4 Å². The van der Waals surface area contributed by atoms with Crippen LogP contribution in [0.1, 0.15) is 31.1 Å². The van der Waals surface area contributed by atoms with E-state index in [0.717, 1.165) is 5.56 Å². The number of hydrogen-bond donors (Lipinski definition) is 2. The number of hydrogen-bond acceptors (Lipinski definition) is 5. The highest BCUT2D eigenvalue weighted by atomic mass is 16.5. The molecule has 152 valence electrons. The molecule has 2 aromatic rings. The summed E-state index contributed by atoms with van der Waals surface area (Å²) in [6.45, 7) is 4.27. The molecule has 0 radical (unpaired) electrons. The number of aromatic nitrogens is 1. The van der Waals surface area contributed by atoms with Gasteiger partial charge in [-0.2, -0.15) is 0 Å². The molecule has 0 unspecified atom stereocenters. The number of amides is 3. The number of nitrogens with one attached hydrogen (secondary N) is 2. The third-order valence-electron chi connectivity index (χ3n) is 4.71. The third kappa shape index (κ3) is 5.78. The molecular formula is C21H24N4O4. The van der Waals surface area contributed by atoms with Crippen molar-refractivity contribution in [2.24, 2.45) is 5.92 Å². The van der Waals surface area contributed by atoms with Gasteiger partial charge >= 0.3 is 0 Å². The van der Waals surface area contributed by atoms with Crippen LogP contribution < -0.4 is 10.6 Å². The second-order valence-corrected chi connectivity index (χ2v) is 7.05. The Labute approximate surface area is 168 Å². The molecule has 1 aromatic carbocycles. The minimum Gasteiger partial charge on any atom is -0.360 e. The molecule has 1 saturated heterocycles. The number of rotatable bonds is 5. The van der Waals surface area contributed by atoms with Crippen LogP contribution in [-0.2, 0) is 14.4 Å². The quantitative estimate of drug-likeness (QED) is 0.756. The van der Waals surface area contributed by atoms with Gasteiger partial charge in [-0.25, -0.2) is 0 Å². The molecule has 1 aliphatic rings. The average Bonchev–Trinajstić information content (AvgIpc) is 3.11. The highest BCUT2D eigenvalue weighted by Gasteiger charge is 2.27. The first kappa shape index (κ1) is 20.3. The molecule has 8 heteroatoms. The fourth-order valence-electron chi connectivity index (χ4n) is 3.17. The third-order valence-corrected chi connectivity index (χ3v) is 4.71. The summed E-state index contributed by atoms with van der Waals surface area (Å²) in [5.74, 6) is 0.593. The second-order valence-electron chi connectivity index (χ2n) is 7.05. The van der Waals surface area contributed by atoms with E-state index in [1.807, 2.05) is 12.1 Å². The normalized spacial score (nSPS) is 14.8. The molecule has 0 bridgehead atoms. The van der Waals surface area contributed by atoms with Gasteiger partial charge in [-0.15, -0.1) is 0 Å². The first-order chi connectivity index (χ1) is 13.9. The van der Waals surface area contributed by atoms with Crippen molar-refractivity contribution in [1.82, 2.24) is 10.1 Å². The molecule has 0 aliphatic carbocycles. The first-order valence-corrected chi connectivity index (χ1v) is 9.49. The number of nitrogens with zero attached hydrogens (tertiary/aromatic N) is 2. The topological polar surface area (TPSA) is 105 Å². The maximum Gasteiger partial charge on any atom is 0.246 e. The van der Waals surface area contributed by atoms with E-state index in [2.05, 4.69) is 15.8 Å². The Morgan fingerprint density at radius 2 is 1.83 bits per heavy atom.